The summed E-state index contributed by atoms with van der Waals surface area (Å²) in [5, 5.41) is 2.42. The highest BCUT2D eigenvalue weighted by atomic mass is 16.6. The molecule has 1 heterocycles. The van der Waals surface area contributed by atoms with Crippen LogP contribution in [0.2, 0.25) is 0 Å². The first-order chi connectivity index (χ1) is 14.7. The highest BCUT2D eigenvalue weighted by Gasteiger charge is 2.22. The number of nitrogens with one attached hydrogen (secondary N) is 1. The number of hydrogen-bond donors (Lipinski definition) is 1. The maximum atomic E-state index is 12.5. The van der Waals surface area contributed by atoms with Gasteiger partial charge in [0.05, 0.1) is 14.2 Å². The van der Waals surface area contributed by atoms with Crippen molar-refractivity contribution in [2.45, 2.75) is 33.3 Å². The first-order valence-electron chi connectivity index (χ1n) is 9.57. The summed E-state index contributed by atoms with van der Waals surface area (Å²) in [7, 11) is 2.95. The number of aryl methyl sites for hydroxylation is 1. The number of carbonyl (C=O) groups is 3. The molecular formula is C22H26N2O7. The summed E-state index contributed by atoms with van der Waals surface area (Å²) >= 11 is 0. The van der Waals surface area contributed by atoms with Gasteiger partial charge in [0.2, 0.25) is 5.75 Å². The molecule has 1 N–H and O–H groups in total. The average Bonchev–Trinajstić information content (AvgIpc) is 2.72. The monoisotopic (exact) mass is 430 g/mol. The third-order valence-electron chi connectivity index (χ3n) is 4.23. The molecule has 0 radical (unpaired) electrons. The minimum absolute atomic E-state index is 0.122. The molecule has 2 rings (SSSR count). The quantitative estimate of drug-likeness (QED) is 0.603. The van der Waals surface area contributed by atoms with Gasteiger partial charge >= 0.3 is 11.9 Å². The van der Waals surface area contributed by atoms with E-state index in [0.29, 0.717) is 6.42 Å². The molecule has 9 nitrogen and oxygen atoms in total. The molecule has 0 fully saturated rings. The number of methoxy groups -OCH3 is 2. The normalized spacial score (nSPS) is 11.3. The topological polar surface area (TPSA) is 113 Å². The number of esters is 2. The summed E-state index contributed by atoms with van der Waals surface area (Å²) < 4.78 is 20.9. The molecule has 0 aliphatic rings. The number of benzene rings is 1. The summed E-state index contributed by atoms with van der Waals surface area (Å²) in [5.41, 5.74) is 1.79. The number of carbonyl (C=O) groups excluding carboxylic acids is 3. The van der Waals surface area contributed by atoms with Crippen LogP contribution in [0.15, 0.2) is 30.5 Å². The van der Waals surface area contributed by atoms with E-state index in [4.69, 9.17) is 18.9 Å². The molecule has 31 heavy (non-hydrogen) atoms. The molecule has 0 saturated carbocycles. The molecule has 1 unspecified atom stereocenters. The predicted molar refractivity (Wildman–Crippen MR) is 111 cm³/mol. The molecule has 166 valence electrons. The molecule has 0 aliphatic heterocycles. The minimum Gasteiger partial charge on any atom is -0.496 e. The third-order valence-corrected chi connectivity index (χ3v) is 4.23. The summed E-state index contributed by atoms with van der Waals surface area (Å²) in [4.78, 5) is 39.9. The molecule has 1 atom stereocenters. The smallest absolute Gasteiger partial charge is 0.325 e. The van der Waals surface area contributed by atoms with Gasteiger partial charge in [-0.2, -0.15) is 0 Å². The van der Waals surface area contributed by atoms with Gasteiger partial charge in [-0.05, 0) is 31.0 Å². The van der Waals surface area contributed by atoms with Gasteiger partial charge in [-0.3, -0.25) is 14.4 Å². The van der Waals surface area contributed by atoms with Crippen molar-refractivity contribution >= 4 is 17.8 Å². The number of pyridine rings is 1. The van der Waals surface area contributed by atoms with Gasteiger partial charge in [-0.25, -0.2) is 4.98 Å². The van der Waals surface area contributed by atoms with Crippen LogP contribution >= 0.6 is 0 Å². The fourth-order valence-electron chi connectivity index (χ4n) is 2.87. The second-order valence-electron chi connectivity index (χ2n) is 6.79. The zero-order chi connectivity index (χ0) is 23.0. The fourth-order valence-corrected chi connectivity index (χ4v) is 2.87. The van der Waals surface area contributed by atoms with E-state index < -0.39 is 23.9 Å². The Morgan fingerprint density at radius 1 is 1.10 bits per heavy atom. The third kappa shape index (κ3) is 6.70. The van der Waals surface area contributed by atoms with Crippen LogP contribution in [0.1, 0.15) is 35.5 Å². The van der Waals surface area contributed by atoms with Crippen molar-refractivity contribution in [1.29, 1.82) is 0 Å². The average molecular weight is 430 g/mol. The van der Waals surface area contributed by atoms with E-state index in [1.54, 1.807) is 14.0 Å². The second kappa shape index (κ2) is 11.0. The van der Waals surface area contributed by atoms with Gasteiger partial charge in [0.1, 0.15) is 18.4 Å². The molecule has 0 bridgehead atoms. The van der Waals surface area contributed by atoms with Crippen molar-refractivity contribution in [2.75, 3.05) is 20.8 Å². The number of amides is 1. The Labute approximate surface area is 180 Å². The van der Waals surface area contributed by atoms with Crippen molar-refractivity contribution in [1.82, 2.24) is 10.3 Å². The van der Waals surface area contributed by atoms with E-state index in [9.17, 15) is 14.4 Å². The number of nitrogens with zero attached hydrogens (tertiary/aromatic N) is 1. The van der Waals surface area contributed by atoms with E-state index in [-0.39, 0.29) is 23.7 Å². The van der Waals surface area contributed by atoms with Gasteiger partial charge < -0.3 is 24.3 Å². The highest BCUT2D eigenvalue weighted by Crippen LogP contribution is 2.29. The van der Waals surface area contributed by atoms with Crippen molar-refractivity contribution < 1.29 is 33.3 Å². The molecular weight excluding hydrogens is 404 g/mol. The molecule has 1 amide bonds. The first-order valence-corrected chi connectivity index (χ1v) is 9.57. The summed E-state index contributed by atoms with van der Waals surface area (Å²) in [6.45, 7) is 4.52. The number of ether oxygens (including phenoxy) is 4. The Balaban J connectivity index is 1.97. The molecule has 0 spiro atoms. The fraction of sp³-hybridized carbons (Fsp3) is 0.364. The van der Waals surface area contributed by atoms with Crippen molar-refractivity contribution in [3.05, 3.63) is 47.3 Å². The maximum Gasteiger partial charge on any atom is 0.325 e. The molecule has 1 aromatic carbocycles. The standard InChI is InChI=1S/C22H26N2O7/c1-13-6-7-16(18(10-13)29-5)11-14(2)30-19(26)12-24-22(27)20-21(31-15(3)25)17(28-4)8-9-23-20/h6-10,14H,11-12H2,1-5H3,(H,24,27). The van der Waals surface area contributed by atoms with Crippen LogP contribution in [0.5, 0.6) is 17.2 Å². The highest BCUT2D eigenvalue weighted by molar-refractivity contribution is 5.98. The Bertz CT molecular complexity index is 959. The number of aromatic nitrogens is 1. The Morgan fingerprint density at radius 2 is 1.81 bits per heavy atom. The van der Waals surface area contributed by atoms with Crippen molar-refractivity contribution in [3.8, 4) is 17.2 Å². The lowest BCUT2D eigenvalue weighted by Crippen LogP contribution is -2.33. The van der Waals surface area contributed by atoms with Crippen molar-refractivity contribution in [3.63, 3.8) is 0 Å². The zero-order valence-electron chi connectivity index (χ0n) is 18.2. The Kier molecular flexibility index (Phi) is 8.36. The molecule has 0 saturated heterocycles. The van der Waals surface area contributed by atoms with Gasteiger partial charge in [-0.1, -0.05) is 12.1 Å². The Morgan fingerprint density at radius 3 is 2.45 bits per heavy atom. The van der Waals surface area contributed by atoms with Crippen LogP contribution in [0, 0.1) is 6.92 Å². The Hall–Kier alpha value is -3.62. The van der Waals surface area contributed by atoms with E-state index >= 15 is 0 Å². The van der Waals surface area contributed by atoms with Crippen LogP contribution < -0.4 is 19.5 Å². The van der Waals surface area contributed by atoms with Crippen LogP contribution in [0.3, 0.4) is 0 Å². The van der Waals surface area contributed by atoms with E-state index in [2.05, 4.69) is 10.3 Å². The van der Waals surface area contributed by atoms with Crippen LogP contribution in [-0.2, 0) is 20.7 Å². The summed E-state index contributed by atoms with van der Waals surface area (Å²) in [6, 6.07) is 7.23. The van der Waals surface area contributed by atoms with E-state index in [1.807, 2.05) is 25.1 Å². The van der Waals surface area contributed by atoms with Gasteiger partial charge in [0.25, 0.3) is 5.91 Å². The lowest BCUT2D eigenvalue weighted by molar-refractivity contribution is -0.146. The lowest BCUT2D eigenvalue weighted by Gasteiger charge is -2.16. The molecule has 2 aromatic rings. The van der Waals surface area contributed by atoms with Gasteiger partial charge in [-0.15, -0.1) is 0 Å². The first kappa shape index (κ1) is 23.7. The van der Waals surface area contributed by atoms with E-state index in [0.717, 1.165) is 16.9 Å². The second-order valence-corrected chi connectivity index (χ2v) is 6.79. The van der Waals surface area contributed by atoms with Gasteiger partial charge in [0, 0.05) is 25.6 Å². The van der Waals surface area contributed by atoms with Gasteiger partial charge in [0.15, 0.2) is 11.4 Å². The maximum absolute atomic E-state index is 12.5. The van der Waals surface area contributed by atoms with Crippen molar-refractivity contribution in [2.24, 2.45) is 0 Å². The molecule has 0 aliphatic carbocycles. The van der Waals surface area contributed by atoms with E-state index in [1.165, 1.54) is 26.3 Å². The largest absolute Gasteiger partial charge is 0.496 e. The number of hydrogen-bond acceptors (Lipinski definition) is 8. The minimum atomic E-state index is -0.708. The summed E-state index contributed by atoms with van der Waals surface area (Å²) in [5.74, 6) is -1.20. The number of rotatable bonds is 9. The van der Waals surface area contributed by atoms with Crippen LogP contribution in [0.25, 0.3) is 0 Å². The lowest BCUT2D eigenvalue weighted by atomic mass is 10.1. The SMILES string of the molecule is COc1cc(C)ccc1CC(C)OC(=O)CNC(=O)c1nccc(OC)c1OC(C)=O. The zero-order valence-corrected chi connectivity index (χ0v) is 18.2. The van der Waals surface area contributed by atoms with Crippen LogP contribution in [-0.4, -0.2) is 49.7 Å². The predicted octanol–water partition coefficient (Wildman–Crippen LogP) is 2.24. The molecule has 9 heteroatoms. The summed E-state index contributed by atoms with van der Waals surface area (Å²) in [6.07, 6.45) is 1.35. The molecule has 1 aromatic heterocycles. The van der Waals surface area contributed by atoms with Crippen LogP contribution in [0.4, 0.5) is 0 Å².